The second-order valence-electron chi connectivity index (χ2n) is 6.44. The van der Waals surface area contributed by atoms with Crippen molar-refractivity contribution in [2.24, 2.45) is 0 Å². The highest BCUT2D eigenvalue weighted by Gasteiger charge is 2.17. The van der Waals surface area contributed by atoms with Crippen molar-refractivity contribution in [1.82, 2.24) is 9.88 Å². The number of ether oxygens (including phenoxy) is 2. The lowest BCUT2D eigenvalue weighted by atomic mass is 10.1. The Morgan fingerprint density at radius 1 is 1.14 bits per heavy atom. The Kier molecular flexibility index (Phi) is 5.25. The van der Waals surface area contributed by atoms with Crippen LogP contribution in [0.4, 0.5) is 14.9 Å². The summed E-state index contributed by atoms with van der Waals surface area (Å²) in [5.74, 6) is 0.309. The predicted molar refractivity (Wildman–Crippen MR) is 103 cm³/mol. The fraction of sp³-hybridized carbons (Fsp3) is 0.190. The van der Waals surface area contributed by atoms with E-state index in [0.717, 1.165) is 5.69 Å². The van der Waals surface area contributed by atoms with E-state index >= 15 is 0 Å². The van der Waals surface area contributed by atoms with Crippen molar-refractivity contribution in [3.8, 4) is 11.4 Å². The average molecular weight is 381 g/mol. The predicted octanol–water partition coefficient (Wildman–Crippen LogP) is 3.85. The summed E-state index contributed by atoms with van der Waals surface area (Å²) in [6.07, 6.45) is 4.33. The van der Waals surface area contributed by atoms with E-state index in [0.29, 0.717) is 42.1 Å². The van der Waals surface area contributed by atoms with Gasteiger partial charge >= 0.3 is 6.03 Å². The number of urea groups is 1. The van der Waals surface area contributed by atoms with Crippen LogP contribution in [0.5, 0.6) is 5.75 Å². The van der Waals surface area contributed by atoms with Gasteiger partial charge in [-0.15, -0.1) is 0 Å². The average Bonchev–Trinajstić information content (AvgIpc) is 3.23. The summed E-state index contributed by atoms with van der Waals surface area (Å²) in [6, 6.07) is 13.9. The van der Waals surface area contributed by atoms with Gasteiger partial charge in [-0.3, -0.25) is 0 Å². The molecule has 0 saturated heterocycles. The first-order valence-electron chi connectivity index (χ1n) is 8.99. The first-order chi connectivity index (χ1) is 13.7. The summed E-state index contributed by atoms with van der Waals surface area (Å²) in [5.41, 5.74) is 3.04. The summed E-state index contributed by atoms with van der Waals surface area (Å²) < 4.78 is 26.4. The van der Waals surface area contributed by atoms with E-state index in [9.17, 15) is 9.18 Å². The molecule has 3 aromatic rings. The number of fused-ring (bicyclic) bond motifs is 1. The minimum absolute atomic E-state index is 0.150. The molecular weight excluding hydrogens is 361 g/mol. The largest absolute Gasteiger partial charge is 0.467 e. The fourth-order valence-electron chi connectivity index (χ4n) is 3.18. The minimum atomic E-state index is -0.339. The molecule has 0 spiro atoms. The van der Waals surface area contributed by atoms with Crippen LogP contribution in [0.3, 0.4) is 0 Å². The molecule has 0 fully saturated rings. The maximum absolute atomic E-state index is 13.8. The Labute approximate surface area is 161 Å². The van der Waals surface area contributed by atoms with Crippen molar-refractivity contribution in [1.29, 1.82) is 0 Å². The van der Waals surface area contributed by atoms with Gasteiger partial charge in [0.2, 0.25) is 0 Å². The maximum Gasteiger partial charge on any atom is 0.319 e. The van der Waals surface area contributed by atoms with E-state index in [1.54, 1.807) is 0 Å². The second kappa shape index (κ2) is 8.14. The summed E-state index contributed by atoms with van der Waals surface area (Å²) in [5, 5.41) is 5.61. The van der Waals surface area contributed by atoms with Crippen LogP contribution in [0, 0.1) is 5.82 Å². The molecule has 0 aliphatic carbocycles. The number of amides is 2. The van der Waals surface area contributed by atoms with Crippen molar-refractivity contribution in [2.75, 3.05) is 18.7 Å². The Morgan fingerprint density at radius 2 is 2.00 bits per heavy atom. The number of hydrogen-bond donors (Lipinski definition) is 2. The fourth-order valence-corrected chi connectivity index (χ4v) is 3.18. The minimum Gasteiger partial charge on any atom is -0.467 e. The molecule has 0 radical (unpaired) electrons. The molecule has 7 heteroatoms. The summed E-state index contributed by atoms with van der Waals surface area (Å²) in [7, 11) is 0. The van der Waals surface area contributed by atoms with Crippen LogP contribution in [0.15, 0.2) is 60.9 Å². The van der Waals surface area contributed by atoms with Gasteiger partial charge in [0.1, 0.15) is 11.6 Å². The lowest BCUT2D eigenvalue weighted by molar-refractivity contribution is -0.0172. The Balaban J connectivity index is 1.35. The lowest BCUT2D eigenvalue weighted by Gasteiger charge is -2.21. The zero-order chi connectivity index (χ0) is 19.3. The molecule has 0 saturated carbocycles. The maximum atomic E-state index is 13.8. The van der Waals surface area contributed by atoms with Crippen molar-refractivity contribution < 1.29 is 18.7 Å². The van der Waals surface area contributed by atoms with E-state index in [4.69, 9.17) is 9.47 Å². The normalized spacial score (nSPS) is 12.8. The first kappa shape index (κ1) is 18.1. The van der Waals surface area contributed by atoms with Crippen molar-refractivity contribution in [2.45, 2.75) is 13.0 Å². The number of carbonyl (C=O) groups excluding carboxylic acids is 1. The van der Waals surface area contributed by atoms with E-state index in [-0.39, 0.29) is 18.6 Å². The molecule has 6 nitrogen and oxygen atoms in total. The van der Waals surface area contributed by atoms with E-state index in [1.165, 1.54) is 12.1 Å². The summed E-state index contributed by atoms with van der Waals surface area (Å²) >= 11 is 0. The van der Waals surface area contributed by atoms with Gasteiger partial charge in [0.05, 0.1) is 6.61 Å². The number of nitrogens with zero attached hydrogens (tertiary/aromatic N) is 1. The van der Waals surface area contributed by atoms with Crippen LogP contribution < -0.4 is 15.4 Å². The molecule has 28 heavy (non-hydrogen) atoms. The molecular formula is C21H20FN3O3. The number of hydrogen-bond acceptors (Lipinski definition) is 3. The van der Waals surface area contributed by atoms with Gasteiger partial charge < -0.3 is 24.7 Å². The second-order valence-corrected chi connectivity index (χ2v) is 6.44. The van der Waals surface area contributed by atoms with Crippen molar-refractivity contribution in [3.63, 3.8) is 0 Å². The van der Waals surface area contributed by atoms with Crippen LogP contribution in [0.25, 0.3) is 5.69 Å². The third kappa shape index (κ3) is 4.15. The van der Waals surface area contributed by atoms with Crippen molar-refractivity contribution >= 4 is 11.7 Å². The number of rotatable bonds is 5. The highest BCUT2D eigenvalue weighted by molar-refractivity contribution is 5.89. The summed E-state index contributed by atoms with van der Waals surface area (Å²) in [4.78, 5) is 12.2. The van der Waals surface area contributed by atoms with E-state index in [2.05, 4.69) is 10.6 Å². The third-order valence-corrected chi connectivity index (χ3v) is 4.44. The monoisotopic (exact) mass is 381 g/mol. The van der Waals surface area contributed by atoms with Gasteiger partial charge in [-0.25, -0.2) is 9.18 Å². The molecule has 1 aromatic heterocycles. The molecule has 0 unspecified atom stereocenters. The Morgan fingerprint density at radius 3 is 2.86 bits per heavy atom. The van der Waals surface area contributed by atoms with Gasteiger partial charge in [0, 0.05) is 35.9 Å². The molecule has 144 valence electrons. The van der Waals surface area contributed by atoms with Crippen LogP contribution in [-0.4, -0.2) is 23.9 Å². The molecule has 2 N–H and O–H groups in total. The van der Waals surface area contributed by atoms with Crippen LogP contribution in [-0.2, 0) is 17.8 Å². The molecule has 4 rings (SSSR count). The highest BCUT2D eigenvalue weighted by Crippen LogP contribution is 2.29. The van der Waals surface area contributed by atoms with Gasteiger partial charge in [0.25, 0.3) is 0 Å². The summed E-state index contributed by atoms with van der Waals surface area (Å²) in [6.45, 7) is 0.826. The molecule has 2 aromatic carbocycles. The molecule has 0 atom stereocenters. The number of nitrogens with one attached hydrogen (secondary N) is 2. The van der Waals surface area contributed by atoms with Crippen LogP contribution in [0.1, 0.15) is 11.1 Å². The van der Waals surface area contributed by atoms with Gasteiger partial charge in [-0.2, -0.15) is 0 Å². The number of anilines is 1. The first-order valence-corrected chi connectivity index (χ1v) is 8.99. The topological polar surface area (TPSA) is 64.5 Å². The SMILES string of the molecule is O=C(NCCc1cc(F)cc2c1OCOC2)Nc1cccc(-n2cccc2)c1. The number of halogens is 1. The highest BCUT2D eigenvalue weighted by atomic mass is 19.1. The zero-order valence-electron chi connectivity index (χ0n) is 15.2. The number of carbonyl (C=O) groups is 1. The number of aromatic nitrogens is 1. The standard InChI is InChI=1S/C21H20FN3O3/c22-17-10-15(20-16(11-17)13-27-14-28-20)6-7-23-21(26)24-18-4-3-5-19(12-18)25-8-1-2-9-25/h1-5,8-12H,6-7,13-14H2,(H2,23,24,26). The van der Waals surface area contributed by atoms with Crippen LogP contribution >= 0.6 is 0 Å². The van der Waals surface area contributed by atoms with Crippen molar-refractivity contribution in [3.05, 3.63) is 77.9 Å². The Bertz CT molecular complexity index is 973. The molecule has 2 amide bonds. The molecule has 1 aliphatic rings. The van der Waals surface area contributed by atoms with Crippen LogP contribution in [0.2, 0.25) is 0 Å². The van der Waals surface area contributed by atoms with E-state index < -0.39 is 0 Å². The zero-order valence-corrected chi connectivity index (χ0v) is 15.2. The molecule has 0 bridgehead atoms. The number of benzene rings is 2. The lowest BCUT2D eigenvalue weighted by Crippen LogP contribution is -2.30. The Hall–Kier alpha value is -3.32. The quantitative estimate of drug-likeness (QED) is 0.706. The smallest absolute Gasteiger partial charge is 0.319 e. The molecule has 1 aliphatic heterocycles. The van der Waals surface area contributed by atoms with Gasteiger partial charge in [0.15, 0.2) is 6.79 Å². The molecule has 2 heterocycles. The van der Waals surface area contributed by atoms with Gasteiger partial charge in [-0.05, 0) is 54.4 Å². The third-order valence-electron chi connectivity index (χ3n) is 4.44. The van der Waals surface area contributed by atoms with E-state index in [1.807, 2.05) is 53.4 Å². The van der Waals surface area contributed by atoms with Gasteiger partial charge in [-0.1, -0.05) is 6.07 Å².